The zero-order chi connectivity index (χ0) is 21.0. The van der Waals surface area contributed by atoms with E-state index in [0.29, 0.717) is 6.04 Å². The van der Waals surface area contributed by atoms with Crippen LogP contribution < -0.4 is 39.6 Å². The zero-order valence-corrected chi connectivity index (χ0v) is 22.0. The number of aryl methyl sites for hydroxylation is 2. The molecule has 0 saturated heterocycles. The number of benzene rings is 1. The number of rotatable bonds is 4. The molecule has 2 N–H and O–H groups in total. The molecule has 2 aliphatic carbocycles. The molecule has 0 saturated carbocycles. The van der Waals surface area contributed by atoms with Crippen LogP contribution in [0.25, 0.3) is 0 Å². The maximum absolute atomic E-state index is 12.9. The topological polar surface area (TPSA) is 78.5 Å². The Labute approximate surface area is 211 Å². The van der Waals surface area contributed by atoms with Gasteiger partial charge in [0.2, 0.25) is 0 Å². The van der Waals surface area contributed by atoms with E-state index in [1.165, 1.54) is 33.6 Å². The first-order valence-corrected chi connectivity index (χ1v) is 13.0. The maximum atomic E-state index is 12.9. The van der Waals surface area contributed by atoms with Gasteiger partial charge in [0.05, 0.1) is 0 Å². The number of urea groups is 1. The molecule has 6 nitrogen and oxygen atoms in total. The predicted octanol–water partition coefficient (Wildman–Crippen LogP) is 0.729. The van der Waals surface area contributed by atoms with Crippen molar-refractivity contribution in [2.45, 2.75) is 69.2 Å². The van der Waals surface area contributed by atoms with Crippen LogP contribution in [0.1, 0.15) is 54.4 Å². The Kier molecular flexibility index (Phi) is 6.60. The van der Waals surface area contributed by atoms with Gasteiger partial charge >= 0.3 is 35.6 Å². The van der Waals surface area contributed by atoms with Crippen LogP contribution in [0, 0.1) is 0 Å². The van der Waals surface area contributed by atoms with E-state index in [9.17, 15) is 13.2 Å². The van der Waals surface area contributed by atoms with Crippen LogP contribution in [0.3, 0.4) is 0 Å². The standard InChI is InChI=1S/C22H27N3O3S2.Na.H/c1-13(2)25-9-8-19-16(12-25)11-20(29-19)30(27,28)24-22(26)23-21-17-5-3-4-14(17)10-15-6-7-18(15)21;;/h10-11,13H,3-9,12H2,1-2H3,(H2,23,24,26);;/q;+1;-1. The smallest absolute Gasteiger partial charge is 1.00 e. The van der Waals surface area contributed by atoms with E-state index in [1.54, 1.807) is 6.07 Å². The summed E-state index contributed by atoms with van der Waals surface area (Å²) >= 11 is 1.28. The van der Waals surface area contributed by atoms with Gasteiger partial charge in [-0.2, -0.15) is 0 Å². The molecule has 0 fully saturated rings. The molecule has 1 aliphatic heterocycles. The van der Waals surface area contributed by atoms with Gasteiger partial charge in [0, 0.05) is 29.7 Å². The Bertz CT molecular complexity index is 1150. The van der Waals surface area contributed by atoms with Gasteiger partial charge in [-0.15, -0.1) is 11.3 Å². The van der Waals surface area contributed by atoms with E-state index >= 15 is 0 Å². The van der Waals surface area contributed by atoms with Crippen molar-refractivity contribution in [3.63, 3.8) is 0 Å². The molecule has 31 heavy (non-hydrogen) atoms. The molecule has 0 radical (unpaired) electrons. The summed E-state index contributed by atoms with van der Waals surface area (Å²) in [6.45, 7) is 5.99. The minimum atomic E-state index is -3.89. The summed E-state index contributed by atoms with van der Waals surface area (Å²) in [5.41, 5.74) is 6.84. The number of nitrogens with zero attached hydrogens (tertiary/aromatic N) is 1. The third kappa shape index (κ3) is 4.35. The van der Waals surface area contributed by atoms with Crippen LogP contribution in [-0.2, 0) is 48.7 Å². The van der Waals surface area contributed by atoms with E-state index < -0.39 is 16.1 Å². The number of hydrogen-bond acceptors (Lipinski definition) is 5. The van der Waals surface area contributed by atoms with Crippen LogP contribution in [0.5, 0.6) is 0 Å². The van der Waals surface area contributed by atoms with Crippen LogP contribution in [0.4, 0.5) is 10.5 Å². The summed E-state index contributed by atoms with van der Waals surface area (Å²) in [7, 11) is -3.89. The molecule has 2 aromatic rings. The second-order valence-corrected chi connectivity index (χ2v) is 11.8. The predicted molar refractivity (Wildman–Crippen MR) is 120 cm³/mol. The number of hydrogen-bond donors (Lipinski definition) is 2. The number of nitrogens with one attached hydrogen (secondary N) is 2. The zero-order valence-electron chi connectivity index (χ0n) is 19.4. The SMILES string of the molecule is CC(C)N1CCc2sc(S(=O)(=O)NC(=O)Nc3c4c(cc5c3CC5)CCC4)cc2C1.[H-].[Na+]. The largest absolute Gasteiger partial charge is 1.00 e. The van der Waals surface area contributed by atoms with Gasteiger partial charge in [-0.25, -0.2) is 17.9 Å². The van der Waals surface area contributed by atoms with Crippen LogP contribution in [0.15, 0.2) is 16.3 Å². The summed E-state index contributed by atoms with van der Waals surface area (Å²) < 4.78 is 28.2. The maximum Gasteiger partial charge on any atom is 1.00 e. The van der Waals surface area contributed by atoms with Gasteiger partial charge in [0.1, 0.15) is 4.21 Å². The number of sulfonamides is 1. The minimum Gasteiger partial charge on any atom is -1.00 e. The monoisotopic (exact) mass is 469 g/mol. The Morgan fingerprint density at radius 3 is 2.52 bits per heavy atom. The fourth-order valence-corrected chi connectivity index (χ4v) is 7.26. The molecular weight excluding hydrogens is 441 g/mol. The fraction of sp³-hybridized carbons (Fsp3) is 0.500. The van der Waals surface area contributed by atoms with Crippen LogP contribution in [0.2, 0.25) is 0 Å². The number of carbonyl (C=O) groups is 1. The quantitative estimate of drug-likeness (QED) is 0.648. The second kappa shape index (κ2) is 8.80. The first-order chi connectivity index (χ1) is 14.3. The molecule has 2 heterocycles. The third-order valence-corrected chi connectivity index (χ3v) is 9.62. The van der Waals surface area contributed by atoms with Gasteiger partial charge in [0.15, 0.2) is 0 Å². The minimum absolute atomic E-state index is 0. The summed E-state index contributed by atoms with van der Waals surface area (Å²) in [5.74, 6) is 0. The van der Waals surface area contributed by atoms with Gasteiger partial charge in [-0.1, -0.05) is 6.07 Å². The Balaban J connectivity index is 0.00000144. The Morgan fingerprint density at radius 2 is 1.81 bits per heavy atom. The van der Waals surface area contributed by atoms with Gasteiger partial charge in [0.25, 0.3) is 10.0 Å². The molecule has 5 rings (SSSR count). The number of amides is 2. The molecule has 9 heteroatoms. The van der Waals surface area contributed by atoms with Crippen LogP contribution >= 0.6 is 11.3 Å². The second-order valence-electron chi connectivity index (χ2n) is 8.77. The molecule has 0 bridgehead atoms. The summed E-state index contributed by atoms with van der Waals surface area (Å²) in [6.07, 6.45) is 5.88. The average Bonchev–Trinajstić information content (AvgIpc) is 3.30. The molecule has 162 valence electrons. The normalized spacial score (nSPS) is 17.3. The van der Waals surface area contributed by atoms with E-state index in [0.717, 1.165) is 67.7 Å². The molecule has 0 spiro atoms. The fourth-order valence-electron chi connectivity index (χ4n) is 4.81. The average molecular weight is 470 g/mol. The molecule has 3 aliphatic rings. The Morgan fingerprint density at radius 1 is 1.06 bits per heavy atom. The van der Waals surface area contributed by atoms with Crippen molar-refractivity contribution in [1.82, 2.24) is 9.62 Å². The van der Waals surface area contributed by atoms with Crippen molar-refractivity contribution < 1.29 is 44.2 Å². The number of carbonyl (C=O) groups excluding carboxylic acids is 1. The summed E-state index contributed by atoms with van der Waals surface area (Å²) in [6, 6.07) is 3.75. The molecule has 0 unspecified atom stereocenters. The molecule has 1 aromatic carbocycles. The van der Waals surface area contributed by atoms with Crippen molar-refractivity contribution in [3.05, 3.63) is 44.8 Å². The first-order valence-electron chi connectivity index (χ1n) is 10.7. The van der Waals surface area contributed by atoms with Crippen LogP contribution in [-0.4, -0.2) is 31.9 Å². The number of thiophene rings is 1. The van der Waals surface area contributed by atoms with E-state index in [1.807, 2.05) is 0 Å². The van der Waals surface area contributed by atoms with Crippen molar-refractivity contribution >= 4 is 33.1 Å². The molecule has 0 atom stereocenters. The van der Waals surface area contributed by atoms with Crippen molar-refractivity contribution in [1.29, 1.82) is 0 Å². The van der Waals surface area contributed by atoms with Crippen molar-refractivity contribution in [2.24, 2.45) is 0 Å². The van der Waals surface area contributed by atoms with E-state index in [4.69, 9.17) is 0 Å². The number of fused-ring (bicyclic) bond motifs is 3. The van der Waals surface area contributed by atoms with Crippen molar-refractivity contribution in [2.75, 3.05) is 11.9 Å². The van der Waals surface area contributed by atoms with Gasteiger partial charge < -0.3 is 6.74 Å². The molecule has 1 aromatic heterocycles. The van der Waals surface area contributed by atoms with Gasteiger partial charge in [-0.05, 0) is 86.3 Å². The van der Waals surface area contributed by atoms with E-state index in [2.05, 4.69) is 34.9 Å². The van der Waals surface area contributed by atoms with Crippen molar-refractivity contribution in [3.8, 4) is 0 Å². The third-order valence-electron chi connectivity index (χ3n) is 6.58. The van der Waals surface area contributed by atoms with E-state index in [-0.39, 0.29) is 35.2 Å². The summed E-state index contributed by atoms with van der Waals surface area (Å²) in [5, 5.41) is 2.88. The molecular formula is C22H28N3NaO3S2. The Hall–Kier alpha value is -0.900. The first kappa shape index (κ1) is 23.3. The summed E-state index contributed by atoms with van der Waals surface area (Å²) in [4.78, 5) is 16.1. The number of anilines is 1. The molecule has 2 amide bonds. The van der Waals surface area contributed by atoms with Gasteiger partial charge in [-0.3, -0.25) is 4.90 Å².